The molecule has 0 aliphatic rings. The normalized spacial score (nSPS) is 10.4. The lowest BCUT2D eigenvalue weighted by atomic mass is 10.1. The van der Waals surface area contributed by atoms with Crippen LogP contribution in [-0.2, 0) is 0 Å². The predicted molar refractivity (Wildman–Crippen MR) is 78.1 cm³/mol. The maximum atomic E-state index is 5.78. The Morgan fingerprint density at radius 2 is 1.56 bits per heavy atom. The van der Waals surface area contributed by atoms with Crippen LogP contribution in [0.3, 0.4) is 0 Å². The van der Waals surface area contributed by atoms with E-state index in [1.54, 1.807) is 0 Å². The fraction of sp³-hybridized carbons (Fsp3) is 0. The van der Waals surface area contributed by atoms with Crippen LogP contribution in [0.5, 0.6) is 0 Å². The van der Waals surface area contributed by atoms with Crippen molar-refractivity contribution in [3.8, 4) is 0 Å². The van der Waals surface area contributed by atoms with Gasteiger partial charge in [-0.3, -0.25) is 0 Å². The highest BCUT2D eigenvalue weighted by Crippen LogP contribution is 2.26. The molecule has 3 aromatic rings. The van der Waals surface area contributed by atoms with E-state index in [9.17, 15) is 0 Å². The summed E-state index contributed by atoms with van der Waals surface area (Å²) < 4.78 is 0. The van der Waals surface area contributed by atoms with Gasteiger partial charge in [0.25, 0.3) is 0 Å². The molecule has 2 nitrogen and oxygen atoms in total. The summed E-state index contributed by atoms with van der Waals surface area (Å²) in [6.07, 6.45) is 0. The second kappa shape index (κ2) is 4.41. The number of anilines is 3. The summed E-state index contributed by atoms with van der Waals surface area (Å²) in [6.45, 7) is 0. The average molecular weight is 234 g/mol. The van der Waals surface area contributed by atoms with Gasteiger partial charge in [-0.15, -0.1) is 0 Å². The molecule has 0 fully saturated rings. The van der Waals surface area contributed by atoms with Gasteiger partial charge in [0.1, 0.15) is 0 Å². The predicted octanol–water partition coefficient (Wildman–Crippen LogP) is 4.17. The van der Waals surface area contributed by atoms with E-state index < -0.39 is 0 Å². The summed E-state index contributed by atoms with van der Waals surface area (Å²) in [6, 6.07) is 22.3. The fourth-order valence-electron chi connectivity index (χ4n) is 2.11. The van der Waals surface area contributed by atoms with Crippen LogP contribution in [-0.4, -0.2) is 0 Å². The molecule has 0 spiro atoms. The lowest BCUT2D eigenvalue weighted by molar-refractivity contribution is 1.57. The summed E-state index contributed by atoms with van der Waals surface area (Å²) in [7, 11) is 0. The lowest BCUT2D eigenvalue weighted by Gasteiger charge is -2.10. The molecule has 0 saturated carbocycles. The highest BCUT2D eigenvalue weighted by molar-refractivity contribution is 5.95. The zero-order valence-electron chi connectivity index (χ0n) is 9.93. The van der Waals surface area contributed by atoms with Gasteiger partial charge in [0.2, 0.25) is 0 Å². The fourth-order valence-corrected chi connectivity index (χ4v) is 2.11. The van der Waals surface area contributed by atoms with Gasteiger partial charge < -0.3 is 11.1 Å². The van der Waals surface area contributed by atoms with Crippen molar-refractivity contribution in [2.45, 2.75) is 0 Å². The van der Waals surface area contributed by atoms with E-state index in [2.05, 4.69) is 35.6 Å². The topological polar surface area (TPSA) is 38.0 Å². The number of nitrogens with one attached hydrogen (secondary N) is 1. The Hall–Kier alpha value is -2.48. The third kappa shape index (κ3) is 2.00. The molecule has 2 heteroatoms. The van der Waals surface area contributed by atoms with Gasteiger partial charge in [0, 0.05) is 22.4 Å². The summed E-state index contributed by atoms with van der Waals surface area (Å²) in [5, 5.41) is 5.85. The van der Waals surface area contributed by atoms with Crippen LogP contribution in [0, 0.1) is 0 Å². The first-order valence-electron chi connectivity index (χ1n) is 5.93. The Morgan fingerprint density at radius 3 is 2.44 bits per heavy atom. The number of hydrogen-bond acceptors (Lipinski definition) is 2. The zero-order valence-corrected chi connectivity index (χ0v) is 9.93. The van der Waals surface area contributed by atoms with Crippen LogP contribution in [0.4, 0.5) is 17.1 Å². The number of nitrogen functional groups attached to an aromatic ring is 1. The van der Waals surface area contributed by atoms with Crippen LogP contribution in [0.15, 0.2) is 66.7 Å². The molecule has 0 aromatic heterocycles. The van der Waals surface area contributed by atoms with Gasteiger partial charge in [0.15, 0.2) is 0 Å². The number of rotatable bonds is 2. The van der Waals surface area contributed by atoms with E-state index in [4.69, 9.17) is 5.73 Å². The maximum absolute atomic E-state index is 5.78. The summed E-state index contributed by atoms with van der Waals surface area (Å²) in [5.74, 6) is 0. The molecule has 3 aromatic carbocycles. The van der Waals surface area contributed by atoms with E-state index >= 15 is 0 Å². The molecular formula is C16H14N2. The smallest absolute Gasteiger partial charge is 0.0463 e. The third-order valence-corrected chi connectivity index (χ3v) is 2.96. The molecule has 0 heterocycles. The first kappa shape index (κ1) is 10.7. The van der Waals surface area contributed by atoms with Crippen molar-refractivity contribution in [3.63, 3.8) is 0 Å². The van der Waals surface area contributed by atoms with Gasteiger partial charge in [-0.2, -0.15) is 0 Å². The van der Waals surface area contributed by atoms with Gasteiger partial charge in [-0.1, -0.05) is 42.5 Å². The molecule has 0 aliphatic carbocycles. The van der Waals surface area contributed by atoms with Gasteiger partial charge in [-0.25, -0.2) is 0 Å². The molecule has 0 bridgehead atoms. The van der Waals surface area contributed by atoms with E-state index in [1.807, 2.05) is 36.4 Å². The largest absolute Gasteiger partial charge is 0.399 e. The standard InChI is InChI=1S/C16H14N2/c17-13-7-4-8-14(11-13)18-16-10-3-6-12-5-1-2-9-15(12)16/h1-11,18H,17H2. The molecule has 3 N–H and O–H groups in total. The van der Waals surface area contributed by atoms with Crippen molar-refractivity contribution < 1.29 is 0 Å². The maximum Gasteiger partial charge on any atom is 0.0463 e. The number of nitrogens with two attached hydrogens (primary N) is 1. The molecule has 18 heavy (non-hydrogen) atoms. The highest BCUT2D eigenvalue weighted by atomic mass is 14.9. The number of benzene rings is 3. The minimum Gasteiger partial charge on any atom is -0.399 e. The van der Waals surface area contributed by atoms with E-state index in [-0.39, 0.29) is 0 Å². The zero-order chi connectivity index (χ0) is 12.4. The Morgan fingerprint density at radius 1 is 0.778 bits per heavy atom. The van der Waals surface area contributed by atoms with Crippen molar-refractivity contribution in [3.05, 3.63) is 66.7 Å². The molecule has 0 saturated heterocycles. The SMILES string of the molecule is Nc1cccc(Nc2cccc3ccccc23)c1. The van der Waals surface area contributed by atoms with Crippen molar-refractivity contribution in [1.82, 2.24) is 0 Å². The average Bonchev–Trinajstić information content (AvgIpc) is 2.39. The van der Waals surface area contributed by atoms with Gasteiger partial charge in [-0.05, 0) is 29.7 Å². The molecule has 3 rings (SSSR count). The summed E-state index contributed by atoms with van der Waals surface area (Å²) >= 11 is 0. The van der Waals surface area contributed by atoms with Gasteiger partial charge >= 0.3 is 0 Å². The summed E-state index contributed by atoms with van der Waals surface area (Å²) in [5.41, 5.74) is 8.65. The van der Waals surface area contributed by atoms with Crippen molar-refractivity contribution >= 4 is 27.8 Å². The molecule has 0 amide bonds. The number of fused-ring (bicyclic) bond motifs is 1. The van der Waals surface area contributed by atoms with Crippen molar-refractivity contribution in [2.24, 2.45) is 0 Å². The molecule has 0 radical (unpaired) electrons. The van der Waals surface area contributed by atoms with Gasteiger partial charge in [0.05, 0.1) is 0 Å². The van der Waals surface area contributed by atoms with Crippen LogP contribution in [0.1, 0.15) is 0 Å². The van der Waals surface area contributed by atoms with E-state index in [0.29, 0.717) is 0 Å². The Bertz CT molecular complexity index is 684. The van der Waals surface area contributed by atoms with Crippen molar-refractivity contribution in [1.29, 1.82) is 0 Å². The van der Waals surface area contributed by atoms with E-state index in [1.165, 1.54) is 10.8 Å². The third-order valence-electron chi connectivity index (χ3n) is 2.96. The quantitative estimate of drug-likeness (QED) is 0.653. The van der Waals surface area contributed by atoms with Crippen LogP contribution >= 0.6 is 0 Å². The first-order chi connectivity index (χ1) is 8.83. The minimum absolute atomic E-state index is 0.764. The van der Waals surface area contributed by atoms with Crippen molar-refractivity contribution in [2.75, 3.05) is 11.1 Å². The molecular weight excluding hydrogens is 220 g/mol. The van der Waals surface area contributed by atoms with Crippen LogP contribution in [0.2, 0.25) is 0 Å². The molecule has 88 valence electrons. The Balaban J connectivity index is 2.05. The second-order valence-electron chi connectivity index (χ2n) is 4.28. The minimum atomic E-state index is 0.764. The number of hydrogen-bond donors (Lipinski definition) is 2. The molecule has 0 atom stereocenters. The Kier molecular flexibility index (Phi) is 2.61. The van der Waals surface area contributed by atoms with Crippen LogP contribution < -0.4 is 11.1 Å². The van der Waals surface area contributed by atoms with Crippen LogP contribution in [0.25, 0.3) is 10.8 Å². The summed E-state index contributed by atoms with van der Waals surface area (Å²) in [4.78, 5) is 0. The molecule has 0 aliphatic heterocycles. The Labute approximate surface area is 106 Å². The second-order valence-corrected chi connectivity index (χ2v) is 4.28. The molecule has 0 unspecified atom stereocenters. The van der Waals surface area contributed by atoms with E-state index in [0.717, 1.165) is 17.1 Å². The monoisotopic (exact) mass is 234 g/mol. The first-order valence-corrected chi connectivity index (χ1v) is 5.93. The highest BCUT2D eigenvalue weighted by Gasteiger charge is 2.00. The lowest BCUT2D eigenvalue weighted by Crippen LogP contribution is -1.92.